The van der Waals surface area contributed by atoms with E-state index in [4.69, 9.17) is 23.2 Å². The summed E-state index contributed by atoms with van der Waals surface area (Å²) in [6.07, 6.45) is -4.63. The average Bonchev–Trinajstić information content (AvgIpc) is 2.56. The largest absolute Gasteiger partial charge is 0.416 e. The molecule has 2 rings (SSSR count). The van der Waals surface area contributed by atoms with Gasteiger partial charge in [0.05, 0.1) is 26.6 Å². The first-order valence-corrected chi connectivity index (χ1v) is 7.50. The second kappa shape index (κ2) is 7.68. The van der Waals surface area contributed by atoms with Gasteiger partial charge >= 0.3 is 6.18 Å². The molecule has 2 aromatic carbocycles. The van der Waals surface area contributed by atoms with Crippen molar-refractivity contribution < 1.29 is 18.1 Å². The number of halogens is 5. The highest BCUT2D eigenvalue weighted by Crippen LogP contribution is 2.40. The third kappa shape index (κ3) is 4.47. The molecule has 6 nitrogen and oxygen atoms in total. The second-order valence-electron chi connectivity index (χ2n) is 4.88. The summed E-state index contributed by atoms with van der Waals surface area (Å²) in [5.41, 5.74) is -1.13. The summed E-state index contributed by atoms with van der Waals surface area (Å²) in [4.78, 5) is 10.0. The van der Waals surface area contributed by atoms with Crippen molar-refractivity contribution in [2.45, 2.75) is 12.2 Å². The lowest BCUT2D eigenvalue weighted by atomic mass is 10.1. The molecule has 0 spiro atoms. The van der Waals surface area contributed by atoms with Crippen LogP contribution in [0.3, 0.4) is 0 Å². The van der Waals surface area contributed by atoms with E-state index in [-0.39, 0.29) is 21.4 Å². The van der Waals surface area contributed by atoms with Crippen LogP contribution in [0.5, 0.6) is 0 Å². The highest BCUT2D eigenvalue weighted by atomic mass is 35.5. The van der Waals surface area contributed by atoms with E-state index in [2.05, 4.69) is 10.2 Å². The zero-order valence-corrected chi connectivity index (χ0v) is 14.0. The van der Waals surface area contributed by atoms with Crippen LogP contribution in [0.15, 0.2) is 46.6 Å². The number of nitro groups is 1. The smallest absolute Gasteiger partial charge is 0.258 e. The van der Waals surface area contributed by atoms with E-state index >= 15 is 0 Å². The Labute approximate surface area is 154 Å². The van der Waals surface area contributed by atoms with E-state index in [0.717, 1.165) is 0 Å². The minimum Gasteiger partial charge on any atom is -0.258 e. The van der Waals surface area contributed by atoms with E-state index in [1.54, 1.807) is 0 Å². The van der Waals surface area contributed by atoms with Crippen molar-refractivity contribution in [1.82, 2.24) is 0 Å². The SMILES string of the molecule is N#CC(N=Nc1c(Cl)cc(C(F)(F)F)cc1Cl)c1ccc([N+](=O)[O-])cc1. The standard InChI is InChI=1S/C15H7Cl2F3N4O2/c16-11-5-9(15(18,19)20)6-12(17)14(11)23-22-13(7-21)8-1-3-10(4-2-8)24(25)26/h1-6,13H. The van der Waals surface area contributed by atoms with E-state index in [1.807, 2.05) is 6.07 Å². The molecule has 1 atom stereocenters. The average molecular weight is 403 g/mol. The van der Waals surface area contributed by atoms with Crippen LogP contribution >= 0.6 is 23.2 Å². The van der Waals surface area contributed by atoms with Gasteiger partial charge in [0.2, 0.25) is 0 Å². The number of hydrogen-bond donors (Lipinski definition) is 0. The van der Waals surface area contributed by atoms with Gasteiger partial charge in [-0.25, -0.2) is 0 Å². The lowest BCUT2D eigenvalue weighted by molar-refractivity contribution is -0.384. The number of alkyl halides is 3. The van der Waals surface area contributed by atoms with Crippen molar-refractivity contribution in [2.24, 2.45) is 10.2 Å². The maximum absolute atomic E-state index is 12.7. The van der Waals surface area contributed by atoms with Crippen molar-refractivity contribution in [2.75, 3.05) is 0 Å². The highest BCUT2D eigenvalue weighted by Gasteiger charge is 2.32. The molecular formula is C15H7Cl2F3N4O2. The molecule has 0 amide bonds. The summed E-state index contributed by atoms with van der Waals surface area (Å²) in [5.74, 6) is 0. The fourth-order valence-electron chi connectivity index (χ4n) is 1.89. The zero-order valence-electron chi connectivity index (χ0n) is 12.5. The van der Waals surface area contributed by atoms with Crippen LogP contribution in [-0.2, 0) is 6.18 Å². The van der Waals surface area contributed by atoms with Crippen LogP contribution in [0.1, 0.15) is 17.2 Å². The summed E-state index contributed by atoms with van der Waals surface area (Å²) >= 11 is 11.5. The molecule has 134 valence electrons. The molecule has 0 heterocycles. The molecule has 0 N–H and O–H groups in total. The van der Waals surface area contributed by atoms with Gasteiger partial charge in [0, 0.05) is 12.1 Å². The lowest BCUT2D eigenvalue weighted by Gasteiger charge is -2.09. The summed E-state index contributed by atoms with van der Waals surface area (Å²) in [5, 5.41) is 26.4. The fourth-order valence-corrected chi connectivity index (χ4v) is 2.45. The van der Waals surface area contributed by atoms with E-state index in [0.29, 0.717) is 17.7 Å². The van der Waals surface area contributed by atoms with Crippen LogP contribution < -0.4 is 0 Å². The van der Waals surface area contributed by atoms with Gasteiger partial charge in [0.25, 0.3) is 5.69 Å². The Morgan fingerprint density at radius 3 is 2.12 bits per heavy atom. The molecule has 0 bridgehead atoms. The van der Waals surface area contributed by atoms with Crippen molar-refractivity contribution >= 4 is 34.6 Å². The highest BCUT2D eigenvalue weighted by molar-refractivity contribution is 6.38. The van der Waals surface area contributed by atoms with Crippen LogP contribution in [-0.4, -0.2) is 4.92 Å². The molecule has 0 radical (unpaired) electrons. The number of nitriles is 1. The maximum atomic E-state index is 12.7. The van der Waals surface area contributed by atoms with E-state index < -0.39 is 22.7 Å². The summed E-state index contributed by atoms with van der Waals surface area (Å²) in [6.45, 7) is 0. The number of benzene rings is 2. The van der Waals surface area contributed by atoms with Crippen LogP contribution in [0.4, 0.5) is 24.5 Å². The van der Waals surface area contributed by atoms with Crippen molar-refractivity contribution in [3.05, 3.63) is 67.7 Å². The minimum absolute atomic E-state index is 0.170. The topological polar surface area (TPSA) is 91.7 Å². The second-order valence-corrected chi connectivity index (χ2v) is 5.70. The third-order valence-corrected chi connectivity index (χ3v) is 3.74. The van der Waals surface area contributed by atoms with Crippen LogP contribution in [0.25, 0.3) is 0 Å². The number of azo groups is 1. The van der Waals surface area contributed by atoms with Crippen LogP contribution in [0.2, 0.25) is 10.0 Å². The Morgan fingerprint density at radius 1 is 1.15 bits per heavy atom. The quantitative estimate of drug-likeness (QED) is 0.342. The predicted octanol–water partition coefficient (Wildman–Crippen LogP) is 6.27. The van der Waals surface area contributed by atoms with Crippen molar-refractivity contribution in [3.63, 3.8) is 0 Å². The summed E-state index contributed by atoms with van der Waals surface area (Å²) in [7, 11) is 0. The summed E-state index contributed by atoms with van der Waals surface area (Å²) < 4.78 is 38.1. The lowest BCUT2D eigenvalue weighted by Crippen LogP contribution is -2.04. The van der Waals surface area contributed by atoms with Gasteiger partial charge in [-0.3, -0.25) is 10.1 Å². The Balaban J connectivity index is 2.32. The van der Waals surface area contributed by atoms with Crippen molar-refractivity contribution in [3.8, 4) is 6.07 Å². The third-order valence-electron chi connectivity index (χ3n) is 3.16. The predicted molar refractivity (Wildman–Crippen MR) is 87.4 cm³/mol. The Hall–Kier alpha value is -2.70. The van der Waals surface area contributed by atoms with Crippen molar-refractivity contribution in [1.29, 1.82) is 5.26 Å². The van der Waals surface area contributed by atoms with Gasteiger partial charge in [0.1, 0.15) is 5.69 Å². The zero-order chi connectivity index (χ0) is 19.5. The van der Waals surface area contributed by atoms with Gasteiger partial charge in [0.15, 0.2) is 6.04 Å². The molecule has 0 saturated carbocycles. The molecule has 0 aliphatic carbocycles. The maximum Gasteiger partial charge on any atom is 0.416 e. The molecule has 0 fully saturated rings. The van der Waals surface area contributed by atoms with Gasteiger partial charge in [-0.15, -0.1) is 0 Å². The van der Waals surface area contributed by atoms with Gasteiger partial charge < -0.3 is 0 Å². The Bertz CT molecular complexity index is 886. The number of nitro benzene ring substituents is 1. The Morgan fingerprint density at radius 2 is 1.69 bits per heavy atom. The molecular weight excluding hydrogens is 396 g/mol. The monoisotopic (exact) mass is 402 g/mol. The van der Waals surface area contributed by atoms with E-state index in [9.17, 15) is 28.5 Å². The first-order chi connectivity index (χ1) is 12.1. The normalized spacial score (nSPS) is 12.8. The first kappa shape index (κ1) is 19.6. The number of nitrogens with zero attached hydrogens (tertiary/aromatic N) is 4. The van der Waals surface area contributed by atoms with Crippen LogP contribution in [0, 0.1) is 21.4 Å². The molecule has 0 aliphatic rings. The molecule has 0 saturated heterocycles. The van der Waals surface area contributed by atoms with Gasteiger partial charge in [-0.05, 0) is 29.8 Å². The summed E-state index contributed by atoms with van der Waals surface area (Å²) in [6, 6.07) is 6.98. The molecule has 2 aromatic rings. The molecule has 11 heteroatoms. The van der Waals surface area contributed by atoms with Gasteiger partial charge in [-0.1, -0.05) is 23.2 Å². The minimum atomic E-state index is -4.63. The molecule has 1 unspecified atom stereocenters. The number of rotatable bonds is 4. The molecule has 26 heavy (non-hydrogen) atoms. The Kier molecular flexibility index (Phi) is 5.79. The first-order valence-electron chi connectivity index (χ1n) is 6.74. The number of non-ortho nitro benzene ring substituents is 1. The molecule has 0 aromatic heterocycles. The fraction of sp³-hybridized carbons (Fsp3) is 0.133. The number of hydrogen-bond acceptors (Lipinski definition) is 5. The van der Waals surface area contributed by atoms with E-state index in [1.165, 1.54) is 24.3 Å². The van der Waals surface area contributed by atoms with Gasteiger partial charge in [-0.2, -0.15) is 28.7 Å². The molecule has 0 aliphatic heterocycles.